The summed E-state index contributed by atoms with van der Waals surface area (Å²) in [5.74, 6) is 0.379. The van der Waals surface area contributed by atoms with E-state index in [0.717, 1.165) is 37.1 Å². The van der Waals surface area contributed by atoms with Crippen LogP contribution < -0.4 is 22.6 Å². The van der Waals surface area contributed by atoms with Crippen molar-refractivity contribution in [3.8, 4) is 6.07 Å². The lowest BCUT2D eigenvalue weighted by molar-refractivity contribution is -0.655. The average molecular weight is 264 g/mol. The normalized spacial score (nSPS) is 15.2. The molecule has 0 bridgehead atoms. The number of nitrogens with zero attached hydrogens (tertiary/aromatic N) is 2. The zero-order chi connectivity index (χ0) is 11.7. The Balaban J connectivity index is 0.00000120. The van der Waals surface area contributed by atoms with E-state index in [1.165, 1.54) is 5.69 Å². The lowest BCUT2D eigenvalue weighted by Gasteiger charge is -2.27. The van der Waals surface area contributed by atoms with Gasteiger partial charge in [-0.15, -0.1) is 0 Å². The monoisotopic (exact) mass is 263 g/mol. The van der Waals surface area contributed by atoms with Crippen molar-refractivity contribution in [1.29, 1.82) is 5.26 Å². The molecule has 2 N–H and O–H groups in total. The van der Waals surface area contributed by atoms with Crippen LogP contribution in [0.25, 0.3) is 11.0 Å². The molecule has 4 nitrogen and oxygen atoms in total. The van der Waals surface area contributed by atoms with Gasteiger partial charge in [-0.3, -0.25) is 0 Å². The van der Waals surface area contributed by atoms with Crippen molar-refractivity contribution in [3.63, 3.8) is 0 Å². The molecule has 1 fully saturated rings. The molecule has 0 unspecified atom stereocenters. The summed E-state index contributed by atoms with van der Waals surface area (Å²) in [6.07, 6.45) is 0. The van der Waals surface area contributed by atoms with Crippen LogP contribution in [0.4, 0.5) is 5.69 Å². The van der Waals surface area contributed by atoms with E-state index >= 15 is 0 Å². The first-order valence-electron chi connectivity index (χ1n) is 5.87. The fraction of sp³-hybridized carbons (Fsp3) is 0.308. The molecule has 1 aromatic heterocycles. The van der Waals surface area contributed by atoms with Gasteiger partial charge >= 0.3 is 0 Å². The number of benzene rings is 1. The highest BCUT2D eigenvalue weighted by Crippen LogP contribution is 2.24. The predicted octanol–water partition coefficient (Wildman–Crippen LogP) is -2.31. The predicted molar refractivity (Wildman–Crippen MR) is 64.8 cm³/mol. The summed E-state index contributed by atoms with van der Waals surface area (Å²) >= 11 is 0. The van der Waals surface area contributed by atoms with Crippen LogP contribution in [0.5, 0.6) is 0 Å². The minimum Gasteiger partial charge on any atom is -1.00 e. The first-order chi connectivity index (χ1) is 8.36. The van der Waals surface area contributed by atoms with Crippen LogP contribution in [0.1, 0.15) is 5.76 Å². The minimum atomic E-state index is 0. The van der Waals surface area contributed by atoms with E-state index in [9.17, 15) is 0 Å². The van der Waals surface area contributed by atoms with Gasteiger partial charge in [-0.25, -0.2) is 0 Å². The third-order valence-electron chi connectivity index (χ3n) is 3.18. The smallest absolute Gasteiger partial charge is 0.204 e. The van der Waals surface area contributed by atoms with Gasteiger partial charge in [0.05, 0.1) is 26.2 Å². The molecule has 2 heterocycles. The minimum absolute atomic E-state index is 0. The number of furan rings is 1. The zero-order valence-electron chi connectivity index (χ0n) is 9.90. The second-order valence-corrected chi connectivity index (χ2v) is 4.30. The average Bonchev–Trinajstić information content (AvgIpc) is 2.81. The van der Waals surface area contributed by atoms with Crippen molar-refractivity contribution in [3.05, 3.63) is 30.0 Å². The first kappa shape index (κ1) is 12.7. The van der Waals surface area contributed by atoms with Gasteiger partial charge in [0.25, 0.3) is 0 Å². The Morgan fingerprint density at radius 3 is 2.72 bits per heavy atom. The standard InChI is InChI=1S/C13H13N3O.ClH/c14-9-12-8-10-7-11(1-2-13(10)17-12)16-5-3-15-4-6-16;/h1-2,7-8,15H,3-6H2;1H. The molecule has 1 aliphatic heterocycles. The molecule has 94 valence electrons. The van der Waals surface area contributed by atoms with Gasteiger partial charge < -0.3 is 27.0 Å². The largest absolute Gasteiger partial charge is 1.00 e. The van der Waals surface area contributed by atoms with Gasteiger partial charge in [-0.05, 0) is 18.2 Å². The topological polar surface area (TPSA) is 56.8 Å². The summed E-state index contributed by atoms with van der Waals surface area (Å²) in [5.41, 5.74) is 2.00. The molecule has 1 aromatic carbocycles. The number of anilines is 1. The van der Waals surface area contributed by atoms with Crippen LogP contribution in [0.3, 0.4) is 0 Å². The number of hydrogen-bond acceptors (Lipinski definition) is 3. The van der Waals surface area contributed by atoms with E-state index in [2.05, 4.69) is 22.3 Å². The molecule has 1 saturated heterocycles. The highest BCUT2D eigenvalue weighted by molar-refractivity contribution is 5.82. The maximum absolute atomic E-state index is 8.80. The van der Waals surface area contributed by atoms with Crippen LogP contribution in [0, 0.1) is 11.3 Å². The van der Waals surface area contributed by atoms with E-state index in [4.69, 9.17) is 9.68 Å². The number of hydrogen-bond donors (Lipinski definition) is 1. The van der Waals surface area contributed by atoms with Crippen molar-refractivity contribution in [2.45, 2.75) is 0 Å². The van der Waals surface area contributed by atoms with Gasteiger partial charge in [-0.2, -0.15) is 5.26 Å². The van der Waals surface area contributed by atoms with Crippen LogP contribution in [-0.4, -0.2) is 26.2 Å². The third-order valence-corrected chi connectivity index (χ3v) is 3.18. The van der Waals surface area contributed by atoms with Crippen molar-refractivity contribution in [2.24, 2.45) is 0 Å². The highest BCUT2D eigenvalue weighted by atomic mass is 35.5. The van der Waals surface area contributed by atoms with E-state index in [1.54, 1.807) is 6.07 Å². The van der Waals surface area contributed by atoms with Gasteiger partial charge in [-0.1, -0.05) is 0 Å². The van der Waals surface area contributed by atoms with Crippen LogP contribution >= 0.6 is 0 Å². The van der Waals surface area contributed by atoms with E-state index < -0.39 is 0 Å². The highest BCUT2D eigenvalue weighted by Gasteiger charge is 2.13. The Bertz CT molecular complexity index is 581. The number of halogens is 1. The van der Waals surface area contributed by atoms with E-state index in [0.29, 0.717) is 5.76 Å². The van der Waals surface area contributed by atoms with Gasteiger partial charge in [0, 0.05) is 17.1 Å². The Hall–Kier alpha value is -1.70. The summed E-state index contributed by atoms with van der Waals surface area (Å²) in [5, 5.41) is 12.1. The molecule has 18 heavy (non-hydrogen) atoms. The number of nitriles is 1. The number of quaternary nitrogens is 1. The Kier molecular flexibility index (Phi) is 3.75. The summed E-state index contributed by atoms with van der Waals surface area (Å²) in [7, 11) is 0. The fourth-order valence-electron chi connectivity index (χ4n) is 2.29. The van der Waals surface area contributed by atoms with Crippen LogP contribution in [-0.2, 0) is 0 Å². The van der Waals surface area contributed by atoms with Gasteiger partial charge in [0.2, 0.25) is 5.76 Å². The Morgan fingerprint density at radius 1 is 1.22 bits per heavy atom. The molecule has 0 atom stereocenters. The van der Waals surface area contributed by atoms with Gasteiger partial charge in [0.1, 0.15) is 11.7 Å². The summed E-state index contributed by atoms with van der Waals surface area (Å²) in [6.45, 7) is 4.45. The fourth-order valence-corrected chi connectivity index (χ4v) is 2.29. The maximum Gasteiger partial charge on any atom is 0.204 e. The van der Waals surface area contributed by atoms with Crippen LogP contribution in [0.2, 0.25) is 0 Å². The summed E-state index contributed by atoms with van der Waals surface area (Å²) < 4.78 is 5.37. The first-order valence-corrected chi connectivity index (χ1v) is 5.87. The molecular formula is C13H14ClN3O. The number of rotatable bonds is 1. The zero-order valence-corrected chi connectivity index (χ0v) is 10.7. The molecule has 0 radical (unpaired) electrons. The van der Waals surface area contributed by atoms with E-state index in [1.807, 2.05) is 12.1 Å². The SMILES string of the molecule is N#Cc1cc2cc(N3CC[NH2+]CC3)ccc2o1.[Cl-]. The summed E-state index contributed by atoms with van der Waals surface area (Å²) in [6, 6.07) is 9.95. The maximum atomic E-state index is 8.80. The number of piperazine rings is 1. The molecule has 0 saturated carbocycles. The second kappa shape index (κ2) is 5.30. The molecule has 0 amide bonds. The van der Waals surface area contributed by atoms with Crippen molar-refractivity contribution >= 4 is 16.7 Å². The van der Waals surface area contributed by atoms with E-state index in [-0.39, 0.29) is 12.4 Å². The molecule has 0 spiro atoms. The number of nitrogens with two attached hydrogens (primary N) is 1. The molecule has 2 aromatic rings. The number of fused-ring (bicyclic) bond motifs is 1. The van der Waals surface area contributed by atoms with Crippen LogP contribution in [0.15, 0.2) is 28.7 Å². The lowest BCUT2D eigenvalue weighted by Crippen LogP contribution is -3.00. The van der Waals surface area contributed by atoms with Crippen molar-refractivity contribution in [2.75, 3.05) is 31.1 Å². The molecule has 1 aliphatic rings. The summed E-state index contributed by atoms with van der Waals surface area (Å²) in [4.78, 5) is 2.37. The Labute approximate surface area is 112 Å². The van der Waals surface area contributed by atoms with Crippen molar-refractivity contribution < 1.29 is 22.1 Å². The third kappa shape index (κ3) is 2.28. The molecule has 5 heteroatoms. The Morgan fingerprint density at radius 2 is 2.00 bits per heavy atom. The molecule has 0 aliphatic carbocycles. The lowest BCUT2D eigenvalue weighted by atomic mass is 10.2. The van der Waals surface area contributed by atoms with Crippen molar-refractivity contribution in [1.82, 2.24) is 0 Å². The molecular weight excluding hydrogens is 250 g/mol. The van der Waals surface area contributed by atoms with Gasteiger partial charge in [0.15, 0.2) is 0 Å². The quantitative estimate of drug-likeness (QED) is 0.629. The second-order valence-electron chi connectivity index (χ2n) is 4.30. The molecule has 3 rings (SSSR count).